The van der Waals surface area contributed by atoms with Crippen LogP contribution in [-0.4, -0.2) is 23.5 Å². The van der Waals surface area contributed by atoms with E-state index in [0.29, 0.717) is 6.42 Å². The van der Waals surface area contributed by atoms with Crippen molar-refractivity contribution in [3.8, 4) is 6.07 Å². The van der Waals surface area contributed by atoms with Gasteiger partial charge in [0.1, 0.15) is 11.4 Å². The van der Waals surface area contributed by atoms with Crippen molar-refractivity contribution in [1.29, 1.82) is 5.26 Å². The molecular weight excluding hydrogens is 232 g/mol. The Labute approximate surface area is 107 Å². The zero-order valence-corrected chi connectivity index (χ0v) is 11.2. The summed E-state index contributed by atoms with van der Waals surface area (Å²) >= 11 is 0. The van der Waals surface area contributed by atoms with Crippen molar-refractivity contribution in [3.05, 3.63) is 0 Å². The van der Waals surface area contributed by atoms with E-state index in [1.807, 2.05) is 6.07 Å². The highest BCUT2D eigenvalue weighted by Gasteiger charge is 2.31. The Morgan fingerprint density at radius 1 is 1.39 bits per heavy atom. The molecule has 0 heterocycles. The smallest absolute Gasteiger partial charge is 0.407 e. The zero-order valence-electron chi connectivity index (χ0n) is 11.2. The average molecular weight is 252 g/mol. The molecule has 5 nitrogen and oxygen atoms in total. The van der Waals surface area contributed by atoms with E-state index < -0.39 is 11.7 Å². The summed E-state index contributed by atoms with van der Waals surface area (Å²) in [4.78, 5) is 23.1. The molecule has 0 radical (unpaired) electrons. The van der Waals surface area contributed by atoms with E-state index in [1.165, 1.54) is 0 Å². The number of carbonyl (C=O) groups is 2. The maximum Gasteiger partial charge on any atom is 0.407 e. The van der Waals surface area contributed by atoms with Gasteiger partial charge in [0.05, 0.1) is 12.5 Å². The van der Waals surface area contributed by atoms with E-state index in [0.717, 1.165) is 12.8 Å². The monoisotopic (exact) mass is 252 g/mol. The first kappa shape index (κ1) is 14.5. The minimum absolute atomic E-state index is 0.0208. The molecule has 0 aromatic heterocycles. The van der Waals surface area contributed by atoms with Gasteiger partial charge in [-0.3, -0.25) is 4.79 Å². The van der Waals surface area contributed by atoms with Gasteiger partial charge in [0.25, 0.3) is 0 Å². The maximum absolute atomic E-state index is 11.5. The zero-order chi connectivity index (χ0) is 13.8. The number of carbonyl (C=O) groups excluding carboxylic acids is 2. The molecule has 0 saturated heterocycles. The normalized spacial score (nSPS) is 23.2. The fraction of sp³-hybridized carbons (Fsp3) is 0.769. The Kier molecular flexibility index (Phi) is 4.71. The van der Waals surface area contributed by atoms with E-state index in [-0.39, 0.29) is 24.2 Å². The van der Waals surface area contributed by atoms with Crippen molar-refractivity contribution in [3.63, 3.8) is 0 Å². The van der Waals surface area contributed by atoms with E-state index in [1.54, 1.807) is 20.8 Å². The summed E-state index contributed by atoms with van der Waals surface area (Å²) in [6.07, 6.45) is 1.63. The van der Waals surface area contributed by atoms with Gasteiger partial charge in [0.2, 0.25) is 0 Å². The van der Waals surface area contributed by atoms with Crippen LogP contribution in [0.4, 0.5) is 4.79 Å². The van der Waals surface area contributed by atoms with Gasteiger partial charge < -0.3 is 10.1 Å². The molecule has 0 bridgehead atoms. The first-order valence-electron chi connectivity index (χ1n) is 6.21. The van der Waals surface area contributed by atoms with E-state index in [2.05, 4.69) is 5.32 Å². The number of amides is 1. The van der Waals surface area contributed by atoms with Crippen LogP contribution in [0.15, 0.2) is 0 Å². The third-order valence-corrected chi connectivity index (χ3v) is 2.86. The number of Topliss-reactive ketones (excluding diaryl/α,β-unsaturated/α-hetero) is 1. The lowest BCUT2D eigenvalue weighted by molar-refractivity contribution is -0.121. The summed E-state index contributed by atoms with van der Waals surface area (Å²) in [5, 5.41) is 11.2. The molecule has 0 aliphatic heterocycles. The number of nitrogens with one attached hydrogen (secondary N) is 1. The van der Waals surface area contributed by atoms with Crippen molar-refractivity contribution in [1.82, 2.24) is 5.32 Å². The molecule has 0 aromatic carbocycles. The highest BCUT2D eigenvalue weighted by molar-refractivity contribution is 5.83. The summed E-state index contributed by atoms with van der Waals surface area (Å²) in [5.41, 5.74) is -0.515. The molecule has 1 amide bonds. The van der Waals surface area contributed by atoms with Gasteiger partial charge in [0.15, 0.2) is 0 Å². The topological polar surface area (TPSA) is 79.2 Å². The van der Waals surface area contributed by atoms with Crippen LogP contribution in [0, 0.1) is 17.2 Å². The van der Waals surface area contributed by atoms with Crippen LogP contribution >= 0.6 is 0 Å². The molecular formula is C13H20N2O3. The van der Waals surface area contributed by atoms with Crippen LogP contribution in [0.2, 0.25) is 0 Å². The number of ether oxygens (including phenoxy) is 1. The van der Waals surface area contributed by atoms with Gasteiger partial charge in [-0.2, -0.15) is 5.26 Å². The number of hydrogen-bond donors (Lipinski definition) is 1. The Hall–Kier alpha value is -1.57. The molecule has 0 unspecified atom stereocenters. The molecule has 1 N–H and O–H groups in total. The van der Waals surface area contributed by atoms with Crippen molar-refractivity contribution >= 4 is 11.9 Å². The second-order valence-electron chi connectivity index (χ2n) is 5.65. The second-order valence-corrected chi connectivity index (χ2v) is 5.65. The summed E-state index contributed by atoms with van der Waals surface area (Å²) < 4.78 is 5.16. The number of alkyl carbamates (subject to hydrolysis) is 1. The number of ketones is 1. The Balaban J connectivity index is 2.37. The Morgan fingerprint density at radius 2 is 2.06 bits per heavy atom. The molecule has 0 spiro atoms. The Morgan fingerprint density at radius 3 is 2.61 bits per heavy atom. The van der Waals surface area contributed by atoms with Gasteiger partial charge in [-0.15, -0.1) is 0 Å². The largest absolute Gasteiger partial charge is 0.444 e. The first-order chi connectivity index (χ1) is 8.31. The fourth-order valence-corrected chi connectivity index (χ4v) is 2.10. The number of nitrogens with zero attached hydrogens (tertiary/aromatic N) is 1. The number of rotatable bonds is 3. The molecule has 5 heteroatoms. The SMILES string of the molecule is CC(C)(C)OC(=O)N[C@H]1CC[C@@H](C(=O)CC#N)C1. The summed E-state index contributed by atoms with van der Waals surface area (Å²) in [6, 6.07) is 1.85. The molecule has 100 valence electrons. The molecule has 0 aromatic rings. The van der Waals surface area contributed by atoms with Crippen LogP contribution < -0.4 is 5.32 Å². The van der Waals surface area contributed by atoms with Gasteiger partial charge in [-0.05, 0) is 40.0 Å². The summed E-state index contributed by atoms with van der Waals surface area (Å²) in [7, 11) is 0. The van der Waals surface area contributed by atoms with Crippen LogP contribution in [0.3, 0.4) is 0 Å². The third kappa shape index (κ3) is 4.74. The molecule has 1 rings (SSSR count). The highest BCUT2D eigenvalue weighted by atomic mass is 16.6. The predicted molar refractivity (Wildman–Crippen MR) is 65.7 cm³/mol. The lowest BCUT2D eigenvalue weighted by Crippen LogP contribution is -2.38. The van der Waals surface area contributed by atoms with Crippen LogP contribution in [0.25, 0.3) is 0 Å². The van der Waals surface area contributed by atoms with Crippen molar-refractivity contribution in [2.24, 2.45) is 5.92 Å². The molecule has 18 heavy (non-hydrogen) atoms. The van der Waals surface area contributed by atoms with Crippen LogP contribution in [0.1, 0.15) is 46.5 Å². The lowest BCUT2D eigenvalue weighted by Gasteiger charge is -2.21. The van der Waals surface area contributed by atoms with E-state index in [4.69, 9.17) is 10.00 Å². The fourth-order valence-electron chi connectivity index (χ4n) is 2.10. The minimum atomic E-state index is -0.515. The minimum Gasteiger partial charge on any atom is -0.444 e. The molecule has 1 aliphatic carbocycles. The number of hydrogen-bond acceptors (Lipinski definition) is 4. The second kappa shape index (κ2) is 5.85. The van der Waals surface area contributed by atoms with Gasteiger partial charge in [-0.25, -0.2) is 4.79 Å². The van der Waals surface area contributed by atoms with Crippen molar-refractivity contribution in [2.45, 2.75) is 58.1 Å². The quantitative estimate of drug-likeness (QED) is 0.834. The summed E-state index contributed by atoms with van der Waals surface area (Å²) in [5.74, 6) is -0.115. The summed E-state index contributed by atoms with van der Waals surface area (Å²) in [6.45, 7) is 5.42. The first-order valence-corrected chi connectivity index (χ1v) is 6.21. The van der Waals surface area contributed by atoms with Crippen molar-refractivity contribution < 1.29 is 14.3 Å². The maximum atomic E-state index is 11.5. The van der Waals surface area contributed by atoms with E-state index in [9.17, 15) is 9.59 Å². The van der Waals surface area contributed by atoms with Crippen LogP contribution in [0.5, 0.6) is 0 Å². The predicted octanol–water partition coefficient (Wildman–Crippen LogP) is 2.16. The molecule has 2 atom stereocenters. The molecule has 1 saturated carbocycles. The molecule has 1 fully saturated rings. The van der Waals surface area contributed by atoms with Gasteiger partial charge in [-0.1, -0.05) is 0 Å². The van der Waals surface area contributed by atoms with E-state index >= 15 is 0 Å². The number of nitriles is 1. The third-order valence-electron chi connectivity index (χ3n) is 2.86. The standard InChI is InChI=1S/C13H20N2O3/c1-13(2,3)18-12(17)15-10-5-4-9(8-10)11(16)6-7-14/h9-10H,4-6,8H2,1-3H3,(H,15,17)/t9-,10+/m1/s1. The van der Waals surface area contributed by atoms with Crippen molar-refractivity contribution in [2.75, 3.05) is 0 Å². The van der Waals surface area contributed by atoms with Crippen LogP contribution in [-0.2, 0) is 9.53 Å². The van der Waals surface area contributed by atoms with Gasteiger partial charge >= 0.3 is 6.09 Å². The Bertz CT molecular complexity index is 365. The van der Waals surface area contributed by atoms with Gasteiger partial charge in [0, 0.05) is 12.0 Å². The molecule has 1 aliphatic rings. The lowest BCUT2D eigenvalue weighted by atomic mass is 10.0. The average Bonchev–Trinajstić information content (AvgIpc) is 2.63. The highest BCUT2D eigenvalue weighted by Crippen LogP contribution is 2.27.